The zero-order chi connectivity index (χ0) is 8.97. The predicted molar refractivity (Wildman–Crippen MR) is 45.1 cm³/mol. The third-order valence-corrected chi connectivity index (χ3v) is 1.53. The lowest BCUT2D eigenvalue weighted by Crippen LogP contribution is -2.26. The van der Waals surface area contributed by atoms with Gasteiger partial charge in [-0.2, -0.15) is 5.10 Å². The van der Waals surface area contributed by atoms with Crippen molar-refractivity contribution in [2.24, 2.45) is 0 Å². The summed E-state index contributed by atoms with van der Waals surface area (Å²) in [5, 5.41) is 3.89. The number of nitrogens with zero attached hydrogens (tertiary/aromatic N) is 2. The van der Waals surface area contributed by atoms with E-state index in [0.29, 0.717) is 0 Å². The first-order valence-electron chi connectivity index (χ1n) is 3.22. The van der Waals surface area contributed by atoms with Gasteiger partial charge in [-0.05, 0) is 15.9 Å². The Morgan fingerprint density at radius 3 is 3.17 bits per heavy atom. The Morgan fingerprint density at radius 1 is 1.92 bits per heavy atom. The highest BCUT2D eigenvalue weighted by atomic mass is 79.9. The Kier molecular flexibility index (Phi) is 3.24. The van der Waals surface area contributed by atoms with E-state index in [2.05, 4.69) is 31.3 Å². The van der Waals surface area contributed by atoms with Crippen LogP contribution in [0.5, 0.6) is 0 Å². The van der Waals surface area contributed by atoms with E-state index in [1.807, 2.05) is 0 Å². The van der Waals surface area contributed by atoms with Crippen molar-refractivity contribution < 1.29 is 9.63 Å². The molecule has 0 saturated heterocycles. The maximum atomic E-state index is 10.9. The first-order chi connectivity index (χ1) is 5.72. The first kappa shape index (κ1) is 9.21. The molecule has 0 aliphatic rings. The van der Waals surface area contributed by atoms with Crippen LogP contribution in [-0.4, -0.2) is 22.8 Å². The van der Waals surface area contributed by atoms with Crippen LogP contribution in [-0.2, 0) is 16.2 Å². The number of carbonyl (C=O) groups excluding carboxylic acids is 1. The molecule has 0 fully saturated rings. The van der Waals surface area contributed by atoms with E-state index in [9.17, 15) is 4.79 Å². The molecule has 0 spiro atoms. The molecule has 0 aliphatic carbocycles. The monoisotopic (exact) mass is 233 g/mol. The van der Waals surface area contributed by atoms with Crippen molar-refractivity contribution >= 4 is 21.8 Å². The Balaban J connectivity index is 2.46. The van der Waals surface area contributed by atoms with Gasteiger partial charge in [0.15, 0.2) is 0 Å². The highest BCUT2D eigenvalue weighted by molar-refractivity contribution is 9.10. The zero-order valence-corrected chi connectivity index (χ0v) is 8.04. The minimum atomic E-state index is -0.242. The lowest BCUT2D eigenvalue weighted by molar-refractivity contribution is -0.132. The minimum Gasteiger partial charge on any atom is -0.277 e. The smallest absolute Gasteiger partial charge is 0.265 e. The molecule has 1 aromatic rings. The molecule has 1 aromatic heterocycles. The van der Waals surface area contributed by atoms with E-state index in [1.165, 1.54) is 11.8 Å². The van der Waals surface area contributed by atoms with Crippen molar-refractivity contribution in [3.05, 3.63) is 16.9 Å². The largest absolute Gasteiger partial charge is 0.277 e. The molecule has 6 heteroatoms. The lowest BCUT2D eigenvalue weighted by Gasteiger charge is -2.00. The van der Waals surface area contributed by atoms with Crippen LogP contribution in [0.2, 0.25) is 0 Å². The summed E-state index contributed by atoms with van der Waals surface area (Å²) in [4.78, 5) is 15.3. The maximum Gasteiger partial charge on any atom is 0.265 e. The number of rotatable bonds is 3. The molecule has 0 aromatic carbocycles. The molecule has 0 bridgehead atoms. The summed E-state index contributed by atoms with van der Waals surface area (Å²) in [6.07, 6.45) is 3.31. The lowest BCUT2D eigenvalue weighted by atomic mass is 10.6. The summed E-state index contributed by atoms with van der Waals surface area (Å²) < 4.78 is 2.34. The fourth-order valence-electron chi connectivity index (χ4n) is 0.718. The van der Waals surface area contributed by atoms with Crippen LogP contribution in [0.25, 0.3) is 0 Å². The van der Waals surface area contributed by atoms with E-state index in [1.54, 1.807) is 12.4 Å². The number of hydrogen-bond donors (Lipinski definition) is 1. The van der Waals surface area contributed by atoms with Crippen molar-refractivity contribution in [1.82, 2.24) is 15.3 Å². The topological polar surface area (TPSA) is 56.1 Å². The van der Waals surface area contributed by atoms with Crippen LogP contribution in [0.4, 0.5) is 0 Å². The summed E-state index contributed by atoms with van der Waals surface area (Å²) in [5.41, 5.74) is 2.19. The molecule has 1 rings (SSSR count). The van der Waals surface area contributed by atoms with Gasteiger partial charge in [0, 0.05) is 6.20 Å². The normalized spacial score (nSPS) is 9.83. The van der Waals surface area contributed by atoms with E-state index in [0.717, 1.165) is 4.47 Å². The van der Waals surface area contributed by atoms with Crippen LogP contribution < -0.4 is 5.48 Å². The minimum absolute atomic E-state index is 0.152. The number of nitrogens with one attached hydrogen (secondary N) is 1. The molecule has 1 heterocycles. The fraction of sp³-hybridized carbons (Fsp3) is 0.333. The average molecular weight is 234 g/mol. The second-order valence-electron chi connectivity index (χ2n) is 2.09. The molecule has 0 unspecified atom stereocenters. The van der Waals surface area contributed by atoms with Gasteiger partial charge in [0.2, 0.25) is 0 Å². The van der Waals surface area contributed by atoms with Gasteiger partial charge in [0.25, 0.3) is 5.91 Å². The molecule has 0 aliphatic heterocycles. The highest BCUT2D eigenvalue weighted by Crippen LogP contribution is 2.05. The number of amides is 1. The molecule has 0 saturated carbocycles. The Hall–Kier alpha value is -0.880. The van der Waals surface area contributed by atoms with Crippen LogP contribution >= 0.6 is 15.9 Å². The molecule has 1 N–H and O–H groups in total. The fourth-order valence-corrected chi connectivity index (χ4v) is 1.05. The zero-order valence-electron chi connectivity index (χ0n) is 6.45. The second kappa shape index (κ2) is 4.22. The standard InChI is InChI=1S/C6H8BrN3O2/c1-12-9-6(11)4-10-3-5(7)2-8-10/h2-3H,4H2,1H3,(H,9,11). The van der Waals surface area contributed by atoms with Crippen molar-refractivity contribution in [1.29, 1.82) is 0 Å². The summed E-state index contributed by atoms with van der Waals surface area (Å²) in [6.45, 7) is 0.152. The van der Waals surface area contributed by atoms with E-state index in [4.69, 9.17) is 0 Å². The van der Waals surface area contributed by atoms with E-state index in [-0.39, 0.29) is 12.5 Å². The van der Waals surface area contributed by atoms with Crippen LogP contribution in [0, 0.1) is 0 Å². The Bertz CT molecular complexity index is 274. The third kappa shape index (κ3) is 2.63. The van der Waals surface area contributed by atoms with Crippen molar-refractivity contribution in [2.45, 2.75) is 6.54 Å². The van der Waals surface area contributed by atoms with Crippen molar-refractivity contribution in [3.8, 4) is 0 Å². The number of hydroxylamine groups is 1. The van der Waals surface area contributed by atoms with E-state index >= 15 is 0 Å². The number of halogens is 1. The SMILES string of the molecule is CONC(=O)Cn1cc(Br)cn1. The second-order valence-corrected chi connectivity index (χ2v) is 3.00. The van der Waals surface area contributed by atoms with Gasteiger partial charge >= 0.3 is 0 Å². The van der Waals surface area contributed by atoms with Crippen molar-refractivity contribution in [2.75, 3.05) is 7.11 Å². The maximum absolute atomic E-state index is 10.9. The molecule has 5 nitrogen and oxygen atoms in total. The molecule has 0 radical (unpaired) electrons. The summed E-state index contributed by atoms with van der Waals surface area (Å²) in [5.74, 6) is -0.242. The van der Waals surface area contributed by atoms with Gasteiger partial charge in [-0.3, -0.25) is 14.3 Å². The number of hydrogen-bond acceptors (Lipinski definition) is 3. The quantitative estimate of drug-likeness (QED) is 0.766. The van der Waals surface area contributed by atoms with E-state index < -0.39 is 0 Å². The molecular formula is C6H8BrN3O2. The Morgan fingerprint density at radius 2 is 2.67 bits per heavy atom. The Labute approximate surface area is 77.8 Å². The average Bonchev–Trinajstić information content (AvgIpc) is 2.36. The van der Waals surface area contributed by atoms with Crippen LogP contribution in [0.15, 0.2) is 16.9 Å². The molecule has 66 valence electrons. The molecule has 1 amide bonds. The number of carbonyl (C=O) groups is 1. The van der Waals surface area contributed by atoms with Gasteiger partial charge in [0.05, 0.1) is 17.8 Å². The number of aromatic nitrogens is 2. The van der Waals surface area contributed by atoms with Gasteiger partial charge in [-0.1, -0.05) is 0 Å². The van der Waals surface area contributed by atoms with Gasteiger partial charge in [-0.25, -0.2) is 5.48 Å². The van der Waals surface area contributed by atoms with Crippen LogP contribution in [0.3, 0.4) is 0 Å². The summed E-state index contributed by atoms with van der Waals surface area (Å²) in [6, 6.07) is 0. The highest BCUT2D eigenvalue weighted by Gasteiger charge is 2.01. The first-order valence-corrected chi connectivity index (χ1v) is 4.01. The summed E-state index contributed by atoms with van der Waals surface area (Å²) >= 11 is 3.21. The third-order valence-electron chi connectivity index (χ3n) is 1.12. The van der Waals surface area contributed by atoms with Gasteiger partial charge in [-0.15, -0.1) is 0 Å². The predicted octanol–water partition coefficient (Wildman–Crippen LogP) is 0.323. The van der Waals surface area contributed by atoms with Gasteiger partial charge < -0.3 is 0 Å². The molecular weight excluding hydrogens is 226 g/mol. The molecule has 0 atom stereocenters. The molecule has 12 heavy (non-hydrogen) atoms. The van der Waals surface area contributed by atoms with Crippen molar-refractivity contribution in [3.63, 3.8) is 0 Å². The summed E-state index contributed by atoms with van der Waals surface area (Å²) in [7, 11) is 1.39. The van der Waals surface area contributed by atoms with Gasteiger partial charge in [0.1, 0.15) is 6.54 Å². The van der Waals surface area contributed by atoms with Crippen LogP contribution in [0.1, 0.15) is 0 Å².